The molecule has 5 nitrogen and oxygen atoms in total. The van der Waals surface area contributed by atoms with Crippen LogP contribution in [0.2, 0.25) is 0 Å². The molecule has 0 saturated heterocycles. The smallest absolute Gasteiger partial charge is 0.240 e. The summed E-state index contributed by atoms with van der Waals surface area (Å²) in [6, 6.07) is 7.07. The second kappa shape index (κ2) is 5.56. The minimum absolute atomic E-state index is 0.109. The summed E-state index contributed by atoms with van der Waals surface area (Å²) in [4.78, 5) is 10.6. The highest BCUT2D eigenvalue weighted by Gasteiger charge is 2.51. The van der Waals surface area contributed by atoms with E-state index >= 15 is 0 Å². The van der Waals surface area contributed by atoms with E-state index in [0.717, 1.165) is 17.8 Å². The van der Waals surface area contributed by atoms with E-state index < -0.39 is 22.5 Å². The largest absolute Gasteiger partial charge is 0.549 e. The zero-order chi connectivity index (χ0) is 16.9. The van der Waals surface area contributed by atoms with Gasteiger partial charge in [-0.3, -0.25) is 0 Å². The van der Waals surface area contributed by atoms with Gasteiger partial charge in [0.2, 0.25) is 10.0 Å². The minimum Gasteiger partial charge on any atom is -0.549 e. The maximum atomic E-state index is 12.1. The molecule has 0 atom stereocenters. The predicted molar refractivity (Wildman–Crippen MR) is 86.5 cm³/mol. The quantitative estimate of drug-likeness (QED) is 0.866. The molecule has 0 radical (unpaired) electrons. The average molecular weight is 348 g/mol. The number of carboxylic acids is 1. The van der Waals surface area contributed by atoms with Crippen molar-refractivity contribution in [3.63, 3.8) is 0 Å². The van der Waals surface area contributed by atoms with Gasteiger partial charge in [-0.05, 0) is 79.4 Å². The number of rotatable bonds is 5. The minimum atomic E-state index is -3.80. The number of carbonyl (C=O) groups excluding carboxylic acids is 1. The van der Waals surface area contributed by atoms with Crippen LogP contribution in [0.15, 0.2) is 29.2 Å². The summed E-state index contributed by atoms with van der Waals surface area (Å²) in [7, 11) is -3.80. The monoisotopic (exact) mass is 348 g/mol. The number of hydrogen-bond donors (Lipinski definition) is 1. The highest BCUT2D eigenvalue weighted by atomic mass is 32.2. The molecule has 1 aromatic rings. The van der Waals surface area contributed by atoms with Gasteiger partial charge < -0.3 is 9.90 Å². The molecule has 6 heteroatoms. The molecule has 0 amide bonds. The van der Waals surface area contributed by atoms with E-state index in [0.29, 0.717) is 0 Å². The molecule has 0 unspecified atom stereocenters. The Morgan fingerprint density at radius 1 is 1.04 bits per heavy atom. The summed E-state index contributed by atoms with van der Waals surface area (Å²) >= 11 is 0. The molecule has 0 heterocycles. The molecule has 4 aliphatic carbocycles. The molecule has 4 aliphatic rings. The Labute approximate surface area is 142 Å². The number of sulfonamides is 1. The lowest BCUT2D eigenvalue weighted by molar-refractivity contribution is -0.303. The van der Waals surface area contributed by atoms with Crippen molar-refractivity contribution in [2.45, 2.75) is 48.8 Å². The molecule has 130 valence electrons. The van der Waals surface area contributed by atoms with Gasteiger partial charge in [0, 0.05) is 0 Å². The lowest BCUT2D eigenvalue weighted by atomic mass is 9.48. The second-order valence-electron chi connectivity index (χ2n) is 7.92. The third-order valence-corrected chi connectivity index (χ3v) is 7.64. The highest BCUT2D eigenvalue weighted by molar-refractivity contribution is 7.89. The van der Waals surface area contributed by atoms with Gasteiger partial charge in [-0.2, -0.15) is 0 Å². The van der Waals surface area contributed by atoms with Crippen molar-refractivity contribution in [3.05, 3.63) is 29.8 Å². The molecule has 0 aromatic heterocycles. The van der Waals surface area contributed by atoms with Crippen molar-refractivity contribution in [3.8, 4) is 0 Å². The van der Waals surface area contributed by atoms with E-state index in [4.69, 9.17) is 0 Å². The molecule has 4 fully saturated rings. The van der Waals surface area contributed by atoms with Gasteiger partial charge in [0.15, 0.2) is 0 Å². The number of carbonyl (C=O) groups is 1. The Kier molecular flexibility index (Phi) is 3.73. The highest BCUT2D eigenvalue weighted by Crippen LogP contribution is 2.60. The van der Waals surface area contributed by atoms with Crippen molar-refractivity contribution in [1.82, 2.24) is 4.72 Å². The van der Waals surface area contributed by atoms with Gasteiger partial charge in [0.25, 0.3) is 0 Å². The fourth-order valence-electron chi connectivity index (χ4n) is 5.69. The van der Waals surface area contributed by atoms with Gasteiger partial charge in [-0.25, -0.2) is 13.1 Å². The molecule has 1 aromatic carbocycles. The van der Waals surface area contributed by atoms with E-state index in [1.54, 1.807) is 12.1 Å². The van der Waals surface area contributed by atoms with Crippen LogP contribution in [0, 0.1) is 17.8 Å². The molecular formula is C18H22NO4S-. The Hall–Kier alpha value is -1.40. The van der Waals surface area contributed by atoms with Gasteiger partial charge in [0.1, 0.15) is 0 Å². The topological polar surface area (TPSA) is 86.3 Å². The summed E-state index contributed by atoms with van der Waals surface area (Å²) < 4.78 is 26.2. The van der Waals surface area contributed by atoms with Crippen molar-refractivity contribution >= 4 is 16.0 Å². The molecule has 4 saturated carbocycles. The van der Waals surface area contributed by atoms with E-state index in [9.17, 15) is 18.3 Å². The van der Waals surface area contributed by atoms with Crippen molar-refractivity contribution in [2.24, 2.45) is 17.8 Å². The average Bonchev–Trinajstić information content (AvgIpc) is 2.52. The normalized spacial score (nSPS) is 34.4. The Morgan fingerprint density at radius 3 is 2.00 bits per heavy atom. The molecule has 5 rings (SSSR count). The predicted octanol–water partition coefficient (Wildman–Crippen LogP) is 1.18. The van der Waals surface area contributed by atoms with Crippen LogP contribution < -0.4 is 9.83 Å². The first kappa shape index (κ1) is 16.1. The fraction of sp³-hybridized carbons (Fsp3) is 0.611. The van der Waals surface area contributed by atoms with Crippen LogP contribution in [-0.4, -0.2) is 20.9 Å². The van der Waals surface area contributed by atoms with Crippen molar-refractivity contribution < 1.29 is 18.3 Å². The zero-order valence-electron chi connectivity index (χ0n) is 13.5. The van der Waals surface area contributed by atoms with Crippen LogP contribution >= 0.6 is 0 Å². The van der Waals surface area contributed by atoms with Crippen LogP contribution in [0.3, 0.4) is 0 Å². The van der Waals surface area contributed by atoms with Crippen LogP contribution in [0.4, 0.5) is 0 Å². The van der Waals surface area contributed by atoms with E-state index in [2.05, 4.69) is 0 Å². The second-order valence-corrected chi connectivity index (χ2v) is 9.69. The van der Waals surface area contributed by atoms with Crippen LogP contribution in [0.25, 0.3) is 0 Å². The summed E-state index contributed by atoms with van der Waals surface area (Å²) in [5.74, 6) is 1.07. The molecule has 24 heavy (non-hydrogen) atoms. The summed E-state index contributed by atoms with van der Waals surface area (Å²) in [6.07, 6.45) is 7.81. The Bertz CT molecular complexity index is 718. The lowest BCUT2D eigenvalue weighted by Gasteiger charge is -2.57. The molecule has 1 N–H and O–H groups in total. The first-order valence-corrected chi connectivity index (χ1v) is 10.1. The number of aliphatic carboxylic acids is 1. The maximum Gasteiger partial charge on any atom is 0.240 e. The van der Waals surface area contributed by atoms with Crippen LogP contribution in [0.5, 0.6) is 0 Å². The van der Waals surface area contributed by atoms with E-state index in [1.807, 2.05) is 16.9 Å². The summed E-state index contributed by atoms with van der Waals surface area (Å²) in [5, 5.41) is 10.5. The SMILES string of the molecule is O=C([O-])CNS(=O)(=O)c1ccc(C23CC4CC(CC(C4)C2)C3)cc1. The third-order valence-electron chi connectivity index (χ3n) is 6.22. The molecule has 4 bridgehead atoms. The van der Waals surface area contributed by atoms with Crippen molar-refractivity contribution in [1.29, 1.82) is 0 Å². The maximum absolute atomic E-state index is 12.1. The Balaban J connectivity index is 1.57. The van der Waals surface area contributed by atoms with Crippen molar-refractivity contribution in [2.75, 3.05) is 6.54 Å². The van der Waals surface area contributed by atoms with Gasteiger partial charge >= 0.3 is 0 Å². The zero-order valence-corrected chi connectivity index (χ0v) is 14.3. The van der Waals surface area contributed by atoms with Gasteiger partial charge in [-0.1, -0.05) is 12.1 Å². The standard InChI is InChI=1S/C18H23NO4S/c20-17(21)11-19-24(22,23)16-3-1-15(2-4-16)18-8-12-5-13(9-18)7-14(6-12)10-18/h1-4,12-14,19H,5-11H2,(H,20,21)/p-1. The number of nitrogens with one attached hydrogen (secondary N) is 1. The number of carboxylic acid groups (broad SMARTS) is 1. The third kappa shape index (κ3) is 2.75. The van der Waals surface area contributed by atoms with E-state index in [1.165, 1.54) is 44.1 Å². The van der Waals surface area contributed by atoms with Gasteiger partial charge in [-0.15, -0.1) is 0 Å². The summed E-state index contributed by atoms with van der Waals surface area (Å²) in [5.41, 5.74) is 1.48. The van der Waals surface area contributed by atoms with Gasteiger partial charge in [0.05, 0.1) is 17.4 Å². The van der Waals surface area contributed by atoms with E-state index in [-0.39, 0.29) is 10.3 Å². The van der Waals surface area contributed by atoms with Crippen LogP contribution in [0.1, 0.15) is 44.1 Å². The lowest BCUT2D eigenvalue weighted by Crippen LogP contribution is -2.48. The molecule has 0 aliphatic heterocycles. The summed E-state index contributed by atoms with van der Waals surface area (Å²) in [6.45, 7) is -0.709. The first-order valence-electron chi connectivity index (χ1n) is 8.66. The van der Waals surface area contributed by atoms with Crippen LogP contribution in [-0.2, 0) is 20.2 Å². The number of benzene rings is 1. The fourth-order valence-corrected chi connectivity index (χ4v) is 6.66. The first-order chi connectivity index (χ1) is 11.4. The Morgan fingerprint density at radius 2 is 1.54 bits per heavy atom. The number of hydrogen-bond acceptors (Lipinski definition) is 4. The molecule has 0 spiro atoms. The molecular weight excluding hydrogens is 326 g/mol.